The Hall–Kier alpha value is -1.94. The lowest BCUT2D eigenvalue weighted by Crippen LogP contribution is -2.41. The van der Waals surface area contributed by atoms with E-state index in [9.17, 15) is 4.79 Å². The molecule has 0 saturated carbocycles. The number of aromatic amines is 1. The number of H-pyrrole nitrogens is 1. The first-order chi connectivity index (χ1) is 11.2. The first-order valence-corrected chi connectivity index (χ1v) is 8.92. The van der Waals surface area contributed by atoms with Crippen LogP contribution in [0.1, 0.15) is 22.5 Å². The van der Waals surface area contributed by atoms with E-state index in [1.165, 1.54) is 5.39 Å². The Kier molecular flexibility index (Phi) is 4.35. The second-order valence-corrected chi connectivity index (χ2v) is 6.96. The van der Waals surface area contributed by atoms with E-state index in [-0.39, 0.29) is 5.91 Å². The Morgan fingerprint density at radius 2 is 1.92 bits per heavy atom. The van der Waals surface area contributed by atoms with Gasteiger partial charge in [-0.15, -0.1) is 0 Å². The number of benzene rings is 1. The highest BCUT2D eigenvalue weighted by Crippen LogP contribution is 2.29. The number of para-hydroxylation sites is 1. The topological polar surface area (TPSA) is 114 Å². The van der Waals surface area contributed by atoms with Crippen molar-refractivity contribution < 1.29 is 22.3 Å². The highest BCUT2D eigenvalue weighted by Gasteiger charge is 2.34. The first-order valence-electron chi connectivity index (χ1n) is 7.53. The molecule has 1 aromatic heterocycles. The van der Waals surface area contributed by atoms with Crippen LogP contribution in [0.5, 0.6) is 0 Å². The molecule has 0 radical (unpaired) electrons. The fourth-order valence-corrected chi connectivity index (χ4v) is 3.38. The van der Waals surface area contributed by atoms with Crippen LogP contribution in [0.3, 0.4) is 0 Å². The van der Waals surface area contributed by atoms with Crippen molar-refractivity contribution in [3.05, 3.63) is 35.5 Å². The normalized spacial score (nSPS) is 23.3. The van der Waals surface area contributed by atoms with Crippen LogP contribution >= 0.6 is 0 Å². The number of carbonyl (C=O) groups excluding carboxylic acids is 1. The first kappa shape index (κ1) is 16.9. The predicted molar refractivity (Wildman–Crippen MR) is 88.3 cm³/mol. The highest BCUT2D eigenvalue weighted by molar-refractivity contribution is 7.79. The molecule has 2 aliphatic heterocycles. The lowest BCUT2D eigenvalue weighted by atomic mass is 10.1. The molecule has 24 heavy (non-hydrogen) atoms. The zero-order chi connectivity index (χ0) is 17.5. The van der Waals surface area contributed by atoms with Gasteiger partial charge in [0.25, 0.3) is 5.91 Å². The Labute approximate surface area is 139 Å². The van der Waals surface area contributed by atoms with Gasteiger partial charge in [-0.05, 0) is 12.5 Å². The minimum Gasteiger partial charge on any atom is -0.350 e. The lowest BCUT2D eigenvalue weighted by molar-refractivity contribution is 0.0719. The van der Waals surface area contributed by atoms with Crippen LogP contribution in [0.2, 0.25) is 0 Å². The molecule has 1 saturated heterocycles. The van der Waals surface area contributed by atoms with E-state index in [2.05, 4.69) is 16.0 Å². The molecule has 1 fully saturated rings. The molecular weight excluding hydrogens is 334 g/mol. The van der Waals surface area contributed by atoms with E-state index in [0.29, 0.717) is 6.04 Å². The minimum absolute atomic E-state index is 0.137. The maximum absolute atomic E-state index is 12.6. The Morgan fingerprint density at radius 1 is 1.25 bits per heavy atom. The van der Waals surface area contributed by atoms with Crippen molar-refractivity contribution in [2.75, 3.05) is 20.1 Å². The third kappa shape index (κ3) is 3.44. The van der Waals surface area contributed by atoms with Gasteiger partial charge in [-0.3, -0.25) is 18.8 Å². The van der Waals surface area contributed by atoms with Crippen molar-refractivity contribution in [3.63, 3.8) is 0 Å². The van der Waals surface area contributed by atoms with E-state index >= 15 is 0 Å². The average molecular weight is 353 g/mol. The van der Waals surface area contributed by atoms with Crippen molar-refractivity contribution in [2.24, 2.45) is 0 Å². The van der Waals surface area contributed by atoms with Crippen LogP contribution in [0, 0.1) is 0 Å². The van der Waals surface area contributed by atoms with Gasteiger partial charge in [-0.25, -0.2) is 0 Å². The molecule has 2 aliphatic rings. The molecule has 2 aromatic rings. The summed E-state index contributed by atoms with van der Waals surface area (Å²) in [6.45, 7) is 2.97. The molecule has 0 aliphatic carbocycles. The molecule has 1 aromatic carbocycles. The van der Waals surface area contributed by atoms with Crippen LogP contribution in [0.15, 0.2) is 24.3 Å². The van der Waals surface area contributed by atoms with Crippen molar-refractivity contribution in [3.8, 4) is 0 Å². The van der Waals surface area contributed by atoms with Gasteiger partial charge in [0.05, 0.1) is 0 Å². The molecule has 4 rings (SSSR count). The van der Waals surface area contributed by atoms with E-state index in [0.717, 1.165) is 42.8 Å². The fourth-order valence-electron chi connectivity index (χ4n) is 3.38. The molecule has 8 nitrogen and oxygen atoms in total. The van der Waals surface area contributed by atoms with Gasteiger partial charge in [0.15, 0.2) is 0 Å². The molecule has 9 heteroatoms. The van der Waals surface area contributed by atoms with Crippen LogP contribution in [-0.4, -0.2) is 64.4 Å². The van der Waals surface area contributed by atoms with E-state index < -0.39 is 10.4 Å². The van der Waals surface area contributed by atoms with Gasteiger partial charge in [0.1, 0.15) is 5.69 Å². The molecular formula is C15H19N3O5S. The summed E-state index contributed by atoms with van der Waals surface area (Å²) in [5.74, 6) is 0.137. The third-order valence-corrected chi connectivity index (χ3v) is 4.52. The number of nitrogens with one attached hydrogen (secondary N) is 1. The monoisotopic (exact) mass is 353 g/mol. The van der Waals surface area contributed by atoms with Crippen LogP contribution in [0.25, 0.3) is 10.9 Å². The van der Waals surface area contributed by atoms with E-state index in [1.807, 2.05) is 30.1 Å². The smallest absolute Gasteiger partial charge is 0.350 e. The number of likely N-dealkylation sites (N-methyl/N-ethyl adjacent to an activating group) is 1. The predicted octanol–water partition coefficient (Wildman–Crippen LogP) is 1.18. The summed E-state index contributed by atoms with van der Waals surface area (Å²) in [4.78, 5) is 20.3. The minimum atomic E-state index is -4.67. The number of nitrogens with zero attached hydrogens (tertiary/aromatic N) is 2. The summed E-state index contributed by atoms with van der Waals surface area (Å²) < 4.78 is 31.6. The second-order valence-electron chi connectivity index (χ2n) is 6.07. The molecule has 130 valence electrons. The quantitative estimate of drug-likeness (QED) is 0.613. The zero-order valence-corrected chi connectivity index (χ0v) is 14.0. The summed E-state index contributed by atoms with van der Waals surface area (Å²) in [6, 6.07) is 8.56. The largest absolute Gasteiger partial charge is 0.394 e. The average Bonchev–Trinajstić information content (AvgIpc) is 3.09. The summed E-state index contributed by atoms with van der Waals surface area (Å²) in [5, 5.41) is 1.18. The maximum Gasteiger partial charge on any atom is 0.394 e. The van der Waals surface area contributed by atoms with Crippen molar-refractivity contribution in [1.29, 1.82) is 0 Å². The van der Waals surface area contributed by atoms with Gasteiger partial charge in [-0.1, -0.05) is 18.2 Å². The van der Waals surface area contributed by atoms with Crippen molar-refractivity contribution in [1.82, 2.24) is 14.8 Å². The second kappa shape index (κ2) is 6.17. The Bertz CT molecular complexity index is 868. The standard InChI is InChI=1S/C15H17N3O.H2O4S/c1-17-10-6-7-18(8-10)9-12-11-4-2-3-5-13(11)16-14(12)15(17)19;1-5(2,3)4/h2-5,10,16H,6-9H2,1H3;(H2,1,2,3,4)/t10-;/m1./s1. The van der Waals surface area contributed by atoms with Crippen molar-refractivity contribution in [2.45, 2.75) is 19.0 Å². The van der Waals surface area contributed by atoms with E-state index in [4.69, 9.17) is 17.5 Å². The number of amides is 1. The SMILES string of the molecule is CN1C(=O)c2[nH]c3ccccc3c2CN2CC[C@@H]1C2.O=S(=O)(O)O. The summed E-state index contributed by atoms with van der Waals surface area (Å²) in [5.41, 5.74) is 3.00. The number of aromatic nitrogens is 1. The van der Waals surface area contributed by atoms with Gasteiger partial charge in [0.2, 0.25) is 0 Å². The zero-order valence-electron chi connectivity index (χ0n) is 13.1. The summed E-state index contributed by atoms with van der Waals surface area (Å²) in [6.07, 6.45) is 1.09. The lowest BCUT2D eigenvalue weighted by Gasteiger charge is -2.27. The summed E-state index contributed by atoms with van der Waals surface area (Å²) >= 11 is 0. The number of rotatable bonds is 0. The molecule has 1 amide bonds. The summed E-state index contributed by atoms with van der Waals surface area (Å²) in [7, 11) is -2.74. The molecule has 2 bridgehead atoms. The number of hydrogen-bond acceptors (Lipinski definition) is 4. The van der Waals surface area contributed by atoms with Crippen LogP contribution < -0.4 is 0 Å². The van der Waals surface area contributed by atoms with E-state index in [1.54, 1.807) is 0 Å². The van der Waals surface area contributed by atoms with Crippen molar-refractivity contribution >= 4 is 27.2 Å². The van der Waals surface area contributed by atoms with Gasteiger partial charge in [0, 0.05) is 49.2 Å². The number of fused-ring (bicyclic) bond motifs is 5. The molecule has 1 unspecified atom stereocenters. The molecule has 3 N–H and O–H groups in total. The van der Waals surface area contributed by atoms with Gasteiger partial charge < -0.3 is 9.88 Å². The number of hydrogen-bond donors (Lipinski definition) is 3. The van der Waals surface area contributed by atoms with Crippen LogP contribution in [-0.2, 0) is 16.9 Å². The van der Waals surface area contributed by atoms with Crippen LogP contribution in [0.4, 0.5) is 0 Å². The van der Waals surface area contributed by atoms with Gasteiger partial charge >= 0.3 is 10.4 Å². The fraction of sp³-hybridized carbons (Fsp3) is 0.400. The van der Waals surface area contributed by atoms with Gasteiger partial charge in [-0.2, -0.15) is 8.42 Å². The molecule has 2 atom stereocenters. The maximum atomic E-state index is 12.6. The Balaban J connectivity index is 0.000000300. The Morgan fingerprint density at radius 3 is 2.62 bits per heavy atom. The molecule has 0 spiro atoms. The number of carbonyl (C=O) groups is 1. The third-order valence-electron chi connectivity index (χ3n) is 4.52. The highest BCUT2D eigenvalue weighted by atomic mass is 32.3. The molecule has 3 heterocycles.